The molecule has 0 saturated carbocycles. The fourth-order valence-electron chi connectivity index (χ4n) is 2.07. The SMILES string of the molecule is N#CCS(=O)(=O)N1CCN(c2cccc(Cl)c2)CC1. The van der Waals surface area contributed by atoms with Crippen LogP contribution in [0.5, 0.6) is 0 Å². The second kappa shape index (κ2) is 5.78. The highest BCUT2D eigenvalue weighted by Crippen LogP contribution is 2.21. The van der Waals surface area contributed by atoms with Crippen LogP contribution in [0.25, 0.3) is 0 Å². The Hall–Kier alpha value is -1.29. The van der Waals surface area contributed by atoms with Gasteiger partial charge in [0.15, 0.2) is 5.75 Å². The van der Waals surface area contributed by atoms with Crippen LogP contribution in [0.4, 0.5) is 5.69 Å². The average molecular weight is 300 g/mol. The maximum absolute atomic E-state index is 11.7. The summed E-state index contributed by atoms with van der Waals surface area (Å²) in [6, 6.07) is 9.18. The lowest BCUT2D eigenvalue weighted by Crippen LogP contribution is -2.49. The number of anilines is 1. The lowest BCUT2D eigenvalue weighted by molar-refractivity contribution is 0.386. The molecule has 0 atom stereocenters. The molecular weight excluding hydrogens is 286 g/mol. The molecule has 7 heteroatoms. The Balaban J connectivity index is 2.02. The molecule has 1 heterocycles. The highest BCUT2D eigenvalue weighted by Gasteiger charge is 2.26. The molecule has 1 saturated heterocycles. The molecule has 0 radical (unpaired) electrons. The molecule has 1 aromatic carbocycles. The molecule has 0 unspecified atom stereocenters. The second-order valence-electron chi connectivity index (χ2n) is 4.28. The van der Waals surface area contributed by atoms with E-state index in [0.717, 1.165) is 5.69 Å². The van der Waals surface area contributed by atoms with Crippen molar-refractivity contribution in [1.29, 1.82) is 5.26 Å². The van der Waals surface area contributed by atoms with Gasteiger partial charge in [-0.2, -0.15) is 9.57 Å². The maximum Gasteiger partial charge on any atom is 0.227 e. The van der Waals surface area contributed by atoms with Crippen molar-refractivity contribution in [3.8, 4) is 6.07 Å². The van der Waals surface area contributed by atoms with Gasteiger partial charge in [-0.3, -0.25) is 0 Å². The number of halogens is 1. The zero-order valence-corrected chi connectivity index (χ0v) is 11.9. The summed E-state index contributed by atoms with van der Waals surface area (Å²) in [4.78, 5) is 2.09. The van der Waals surface area contributed by atoms with Crippen molar-refractivity contribution >= 4 is 27.3 Å². The van der Waals surface area contributed by atoms with Gasteiger partial charge < -0.3 is 4.90 Å². The Bertz CT molecular complexity index is 589. The standard InChI is InChI=1S/C12H14ClN3O2S/c13-11-2-1-3-12(10-11)15-5-7-16(8-6-15)19(17,18)9-4-14/h1-3,10H,5-9H2. The summed E-state index contributed by atoms with van der Waals surface area (Å²) < 4.78 is 24.9. The monoisotopic (exact) mass is 299 g/mol. The molecule has 2 rings (SSSR count). The number of nitriles is 1. The minimum Gasteiger partial charge on any atom is -0.369 e. The first-order valence-electron chi connectivity index (χ1n) is 5.88. The van der Waals surface area contributed by atoms with Crippen LogP contribution < -0.4 is 4.90 Å². The van der Waals surface area contributed by atoms with Crippen molar-refractivity contribution in [2.24, 2.45) is 0 Å². The van der Waals surface area contributed by atoms with E-state index in [9.17, 15) is 8.42 Å². The van der Waals surface area contributed by atoms with Crippen LogP contribution in [0.1, 0.15) is 0 Å². The van der Waals surface area contributed by atoms with Crippen LogP contribution in [0.2, 0.25) is 5.02 Å². The summed E-state index contributed by atoms with van der Waals surface area (Å²) in [5.41, 5.74) is 0.991. The van der Waals surface area contributed by atoms with Gasteiger partial charge in [-0.05, 0) is 18.2 Å². The fourth-order valence-corrected chi connectivity index (χ4v) is 3.32. The zero-order chi connectivity index (χ0) is 13.9. The smallest absolute Gasteiger partial charge is 0.227 e. The Kier molecular flexibility index (Phi) is 4.30. The minimum absolute atomic E-state index is 0.399. The van der Waals surface area contributed by atoms with E-state index in [0.29, 0.717) is 31.2 Å². The van der Waals surface area contributed by atoms with Gasteiger partial charge >= 0.3 is 0 Å². The van der Waals surface area contributed by atoms with Crippen molar-refractivity contribution in [2.75, 3.05) is 36.8 Å². The summed E-state index contributed by atoms with van der Waals surface area (Å²) in [5.74, 6) is -0.454. The van der Waals surface area contributed by atoms with E-state index in [1.807, 2.05) is 18.2 Å². The quantitative estimate of drug-likeness (QED) is 0.844. The van der Waals surface area contributed by atoms with Crippen molar-refractivity contribution in [3.63, 3.8) is 0 Å². The van der Waals surface area contributed by atoms with E-state index in [2.05, 4.69) is 4.90 Å². The molecule has 0 spiro atoms. The van der Waals surface area contributed by atoms with Gasteiger partial charge in [0.05, 0.1) is 6.07 Å². The van der Waals surface area contributed by atoms with Gasteiger partial charge in [0.2, 0.25) is 10.0 Å². The Labute approximate surface area is 118 Å². The topological polar surface area (TPSA) is 64.4 Å². The summed E-state index contributed by atoms with van der Waals surface area (Å²) in [5, 5.41) is 9.18. The first-order chi connectivity index (χ1) is 9.03. The molecule has 1 aliphatic rings. The molecule has 0 aromatic heterocycles. The van der Waals surface area contributed by atoms with Crippen LogP contribution in [0.3, 0.4) is 0 Å². The molecule has 102 valence electrons. The van der Waals surface area contributed by atoms with Crippen molar-refractivity contribution in [2.45, 2.75) is 0 Å². The number of sulfonamides is 1. The third-order valence-corrected chi connectivity index (χ3v) is 4.93. The van der Waals surface area contributed by atoms with Crippen LogP contribution in [0, 0.1) is 11.3 Å². The van der Waals surface area contributed by atoms with Crippen molar-refractivity contribution in [3.05, 3.63) is 29.3 Å². The normalized spacial score (nSPS) is 17.2. The first-order valence-corrected chi connectivity index (χ1v) is 7.87. The molecule has 19 heavy (non-hydrogen) atoms. The molecule has 1 aliphatic heterocycles. The fraction of sp³-hybridized carbons (Fsp3) is 0.417. The van der Waals surface area contributed by atoms with Gasteiger partial charge in [0.1, 0.15) is 0 Å². The number of benzene rings is 1. The Morgan fingerprint density at radius 1 is 1.26 bits per heavy atom. The Morgan fingerprint density at radius 3 is 2.53 bits per heavy atom. The molecule has 1 fully saturated rings. The van der Waals surface area contributed by atoms with Gasteiger partial charge in [-0.1, -0.05) is 17.7 Å². The van der Waals surface area contributed by atoms with Crippen molar-refractivity contribution < 1.29 is 8.42 Å². The van der Waals surface area contributed by atoms with Crippen LogP contribution in [-0.4, -0.2) is 44.7 Å². The highest BCUT2D eigenvalue weighted by atomic mass is 35.5. The van der Waals surface area contributed by atoms with Crippen LogP contribution >= 0.6 is 11.6 Å². The number of piperazine rings is 1. The number of hydrogen-bond acceptors (Lipinski definition) is 4. The molecule has 1 aromatic rings. The van der Waals surface area contributed by atoms with Crippen LogP contribution in [-0.2, 0) is 10.0 Å². The number of hydrogen-bond donors (Lipinski definition) is 0. The Morgan fingerprint density at radius 2 is 1.95 bits per heavy atom. The molecule has 0 bridgehead atoms. The predicted molar refractivity (Wildman–Crippen MR) is 74.6 cm³/mol. The molecule has 5 nitrogen and oxygen atoms in total. The number of rotatable bonds is 3. The van der Waals surface area contributed by atoms with Crippen LogP contribution in [0.15, 0.2) is 24.3 Å². The van der Waals surface area contributed by atoms with E-state index < -0.39 is 15.8 Å². The molecular formula is C12H14ClN3O2S. The van der Waals surface area contributed by atoms with Gasteiger partial charge in [0.25, 0.3) is 0 Å². The average Bonchev–Trinajstić information content (AvgIpc) is 2.39. The summed E-state index contributed by atoms with van der Waals surface area (Å²) in [6.45, 7) is 2.00. The summed E-state index contributed by atoms with van der Waals surface area (Å²) in [7, 11) is -3.43. The first kappa shape index (κ1) is 14.1. The molecule has 0 aliphatic carbocycles. The van der Waals surface area contributed by atoms with E-state index in [4.69, 9.17) is 16.9 Å². The van der Waals surface area contributed by atoms with E-state index in [-0.39, 0.29) is 0 Å². The van der Waals surface area contributed by atoms with E-state index in [1.165, 1.54) is 4.31 Å². The maximum atomic E-state index is 11.7. The van der Waals surface area contributed by atoms with Gasteiger partial charge in [-0.15, -0.1) is 0 Å². The minimum atomic E-state index is -3.43. The van der Waals surface area contributed by atoms with Gasteiger partial charge in [0, 0.05) is 36.9 Å². The lowest BCUT2D eigenvalue weighted by atomic mass is 10.2. The zero-order valence-electron chi connectivity index (χ0n) is 10.3. The predicted octanol–water partition coefficient (Wildman–Crippen LogP) is 1.32. The third-order valence-electron chi connectivity index (χ3n) is 3.05. The summed E-state index contributed by atoms with van der Waals surface area (Å²) >= 11 is 5.94. The van der Waals surface area contributed by atoms with Crippen molar-refractivity contribution in [1.82, 2.24) is 4.31 Å². The highest BCUT2D eigenvalue weighted by molar-refractivity contribution is 7.89. The largest absolute Gasteiger partial charge is 0.369 e. The molecule has 0 amide bonds. The lowest BCUT2D eigenvalue weighted by Gasteiger charge is -2.35. The second-order valence-corrected chi connectivity index (χ2v) is 6.69. The third kappa shape index (κ3) is 3.38. The summed E-state index contributed by atoms with van der Waals surface area (Å²) in [6.07, 6.45) is 0. The number of nitrogens with zero attached hydrogens (tertiary/aromatic N) is 3. The molecule has 0 N–H and O–H groups in total. The van der Waals surface area contributed by atoms with Gasteiger partial charge in [-0.25, -0.2) is 8.42 Å². The van der Waals surface area contributed by atoms with E-state index in [1.54, 1.807) is 12.1 Å². The van der Waals surface area contributed by atoms with E-state index >= 15 is 0 Å².